The third-order valence-electron chi connectivity index (χ3n) is 3.03. The van der Waals surface area contributed by atoms with Crippen molar-refractivity contribution in [3.8, 4) is 11.5 Å². The van der Waals surface area contributed by atoms with Gasteiger partial charge in [-0.25, -0.2) is 4.39 Å². The summed E-state index contributed by atoms with van der Waals surface area (Å²) in [5, 5.41) is 2.67. The molecule has 4 nitrogen and oxygen atoms in total. The highest BCUT2D eigenvalue weighted by Gasteiger charge is 2.12. The molecule has 0 aliphatic carbocycles. The molecule has 0 aromatic heterocycles. The molecule has 0 aliphatic rings. The first-order valence-corrected chi connectivity index (χ1v) is 6.38. The number of hydrogen-bond acceptors (Lipinski definition) is 3. The van der Waals surface area contributed by atoms with Crippen LogP contribution in [0.5, 0.6) is 11.5 Å². The Morgan fingerprint density at radius 1 is 1.05 bits per heavy atom. The highest BCUT2D eigenvalue weighted by atomic mass is 19.1. The summed E-state index contributed by atoms with van der Waals surface area (Å²) < 4.78 is 23.7. The van der Waals surface area contributed by atoms with Gasteiger partial charge in [0, 0.05) is 12.6 Å². The number of benzene rings is 2. The van der Waals surface area contributed by atoms with Crippen molar-refractivity contribution < 1.29 is 18.7 Å². The fourth-order valence-electron chi connectivity index (χ4n) is 1.83. The van der Waals surface area contributed by atoms with E-state index in [1.807, 2.05) is 12.1 Å². The van der Waals surface area contributed by atoms with E-state index in [-0.39, 0.29) is 5.56 Å². The minimum Gasteiger partial charge on any atom is -0.497 e. The van der Waals surface area contributed by atoms with Gasteiger partial charge in [-0.2, -0.15) is 0 Å². The molecular weight excluding hydrogens is 273 g/mol. The van der Waals surface area contributed by atoms with Gasteiger partial charge in [-0.05, 0) is 29.8 Å². The first-order chi connectivity index (χ1) is 10.1. The number of rotatable bonds is 5. The fraction of sp³-hybridized carbons (Fsp3) is 0.188. The number of halogens is 1. The van der Waals surface area contributed by atoms with Crippen LogP contribution in [0.4, 0.5) is 4.39 Å². The largest absolute Gasteiger partial charge is 0.497 e. The van der Waals surface area contributed by atoms with Gasteiger partial charge in [-0.15, -0.1) is 0 Å². The Labute approximate surface area is 122 Å². The molecule has 0 fully saturated rings. The zero-order chi connectivity index (χ0) is 15.2. The second-order valence-electron chi connectivity index (χ2n) is 4.38. The third-order valence-corrected chi connectivity index (χ3v) is 3.03. The van der Waals surface area contributed by atoms with Crippen molar-refractivity contribution in [1.29, 1.82) is 0 Å². The Morgan fingerprint density at radius 3 is 2.24 bits per heavy atom. The normalized spacial score (nSPS) is 10.0. The molecule has 0 atom stereocenters. The van der Waals surface area contributed by atoms with Crippen molar-refractivity contribution in [3.05, 3.63) is 59.4 Å². The molecule has 5 heteroatoms. The van der Waals surface area contributed by atoms with Crippen molar-refractivity contribution in [3.63, 3.8) is 0 Å². The molecule has 2 aromatic rings. The van der Waals surface area contributed by atoms with Crippen LogP contribution < -0.4 is 14.8 Å². The molecule has 0 unspecified atom stereocenters. The molecule has 2 aromatic carbocycles. The Hall–Kier alpha value is -2.56. The van der Waals surface area contributed by atoms with Crippen molar-refractivity contribution >= 4 is 5.91 Å². The number of carbonyl (C=O) groups excluding carboxylic acids is 1. The fourth-order valence-corrected chi connectivity index (χ4v) is 1.83. The van der Waals surface area contributed by atoms with Crippen LogP contribution in [0.2, 0.25) is 0 Å². The lowest BCUT2D eigenvalue weighted by molar-refractivity contribution is 0.0947. The summed E-state index contributed by atoms with van der Waals surface area (Å²) in [4.78, 5) is 11.9. The van der Waals surface area contributed by atoms with E-state index in [2.05, 4.69) is 5.32 Å². The Kier molecular flexibility index (Phi) is 4.77. The first kappa shape index (κ1) is 14.8. The number of methoxy groups -OCH3 is 2. The van der Waals surface area contributed by atoms with Crippen LogP contribution in [-0.2, 0) is 6.54 Å². The quantitative estimate of drug-likeness (QED) is 0.920. The molecule has 110 valence electrons. The van der Waals surface area contributed by atoms with Crippen molar-refractivity contribution in [2.45, 2.75) is 6.54 Å². The zero-order valence-corrected chi connectivity index (χ0v) is 11.9. The molecule has 0 heterocycles. The summed E-state index contributed by atoms with van der Waals surface area (Å²) in [6, 6.07) is 11.4. The highest BCUT2D eigenvalue weighted by molar-refractivity contribution is 5.94. The zero-order valence-electron chi connectivity index (χ0n) is 11.9. The summed E-state index contributed by atoms with van der Waals surface area (Å²) >= 11 is 0. The molecule has 0 bridgehead atoms. The monoisotopic (exact) mass is 289 g/mol. The van der Waals surface area contributed by atoms with Crippen LogP contribution >= 0.6 is 0 Å². The van der Waals surface area contributed by atoms with Crippen molar-refractivity contribution in [2.24, 2.45) is 0 Å². The predicted octanol–water partition coefficient (Wildman–Crippen LogP) is 2.77. The molecule has 0 aliphatic heterocycles. The SMILES string of the molecule is COc1ccc(CNC(=O)c2ccc(OC)cc2F)cc1. The van der Waals surface area contributed by atoms with Gasteiger partial charge in [0.25, 0.3) is 5.91 Å². The standard InChI is InChI=1S/C16H16FNO3/c1-20-12-5-3-11(4-6-12)10-18-16(19)14-8-7-13(21-2)9-15(14)17/h3-9H,10H2,1-2H3,(H,18,19). The number of nitrogens with one attached hydrogen (secondary N) is 1. The third kappa shape index (κ3) is 3.72. The molecule has 1 N–H and O–H groups in total. The van der Waals surface area contributed by atoms with Gasteiger partial charge in [-0.1, -0.05) is 12.1 Å². The summed E-state index contributed by atoms with van der Waals surface area (Å²) in [6.45, 7) is 0.314. The molecular formula is C16H16FNO3. The molecule has 0 saturated carbocycles. The van der Waals surface area contributed by atoms with E-state index >= 15 is 0 Å². The minimum absolute atomic E-state index is 0.00990. The molecule has 0 radical (unpaired) electrons. The number of carbonyl (C=O) groups is 1. The van der Waals surface area contributed by atoms with Crippen LogP contribution in [0.15, 0.2) is 42.5 Å². The van der Waals surface area contributed by atoms with E-state index in [1.54, 1.807) is 25.3 Å². The topological polar surface area (TPSA) is 47.6 Å². The summed E-state index contributed by atoms with van der Waals surface area (Å²) in [6.07, 6.45) is 0. The maximum atomic E-state index is 13.8. The van der Waals surface area contributed by atoms with E-state index in [4.69, 9.17) is 9.47 Å². The maximum Gasteiger partial charge on any atom is 0.254 e. The van der Waals surface area contributed by atoms with Crippen LogP contribution in [0.3, 0.4) is 0 Å². The lowest BCUT2D eigenvalue weighted by Crippen LogP contribution is -2.23. The molecule has 0 spiro atoms. The number of hydrogen-bond donors (Lipinski definition) is 1. The predicted molar refractivity (Wildman–Crippen MR) is 77.1 cm³/mol. The lowest BCUT2D eigenvalue weighted by atomic mass is 10.1. The molecule has 21 heavy (non-hydrogen) atoms. The van der Waals surface area contributed by atoms with Crippen molar-refractivity contribution in [2.75, 3.05) is 14.2 Å². The van der Waals surface area contributed by atoms with Gasteiger partial charge in [0.2, 0.25) is 0 Å². The molecule has 1 amide bonds. The smallest absolute Gasteiger partial charge is 0.254 e. The first-order valence-electron chi connectivity index (χ1n) is 6.38. The van der Waals surface area contributed by atoms with E-state index < -0.39 is 11.7 Å². The highest BCUT2D eigenvalue weighted by Crippen LogP contribution is 2.16. The van der Waals surface area contributed by atoms with E-state index in [1.165, 1.54) is 19.2 Å². The average molecular weight is 289 g/mol. The van der Waals surface area contributed by atoms with Crippen LogP contribution in [0.1, 0.15) is 15.9 Å². The van der Waals surface area contributed by atoms with Gasteiger partial charge in [0.05, 0.1) is 19.8 Å². The Bertz CT molecular complexity index is 626. The lowest BCUT2D eigenvalue weighted by Gasteiger charge is -2.08. The van der Waals surface area contributed by atoms with Crippen LogP contribution in [0.25, 0.3) is 0 Å². The average Bonchev–Trinajstić information content (AvgIpc) is 2.52. The maximum absolute atomic E-state index is 13.8. The number of ether oxygens (including phenoxy) is 2. The van der Waals surface area contributed by atoms with Gasteiger partial charge in [-0.3, -0.25) is 4.79 Å². The van der Waals surface area contributed by atoms with Gasteiger partial charge < -0.3 is 14.8 Å². The molecule has 2 rings (SSSR count). The van der Waals surface area contributed by atoms with Gasteiger partial charge >= 0.3 is 0 Å². The molecule has 0 saturated heterocycles. The summed E-state index contributed by atoms with van der Waals surface area (Å²) in [5.41, 5.74) is 0.891. The minimum atomic E-state index is -0.610. The summed E-state index contributed by atoms with van der Waals surface area (Å²) in [5.74, 6) is 0.0398. The van der Waals surface area contributed by atoms with E-state index in [0.717, 1.165) is 11.3 Å². The second-order valence-corrected chi connectivity index (χ2v) is 4.38. The van der Waals surface area contributed by atoms with Crippen molar-refractivity contribution in [1.82, 2.24) is 5.32 Å². The number of amides is 1. The van der Waals surface area contributed by atoms with Crippen LogP contribution in [0, 0.1) is 5.82 Å². The second kappa shape index (κ2) is 6.74. The van der Waals surface area contributed by atoms with Crippen LogP contribution in [-0.4, -0.2) is 20.1 Å². The Morgan fingerprint density at radius 2 is 1.67 bits per heavy atom. The Balaban J connectivity index is 2.00. The van der Waals surface area contributed by atoms with E-state index in [9.17, 15) is 9.18 Å². The van der Waals surface area contributed by atoms with Gasteiger partial charge in [0.15, 0.2) is 0 Å². The van der Waals surface area contributed by atoms with Gasteiger partial charge in [0.1, 0.15) is 17.3 Å². The van der Waals surface area contributed by atoms with E-state index in [0.29, 0.717) is 12.3 Å². The summed E-state index contributed by atoms with van der Waals surface area (Å²) in [7, 11) is 3.03.